The van der Waals surface area contributed by atoms with Crippen LogP contribution in [-0.2, 0) is 0 Å². The Morgan fingerprint density at radius 2 is 1.80 bits per heavy atom. The summed E-state index contributed by atoms with van der Waals surface area (Å²) in [6.07, 6.45) is 3.35. The molecule has 0 aliphatic carbocycles. The van der Waals surface area contributed by atoms with E-state index in [0.717, 1.165) is 10.0 Å². The number of nitrogens with one attached hydrogen (secondary N) is 1. The molecule has 1 N–H and O–H groups in total. The molecular weight excluding hydrogens is 297 g/mol. The second-order valence-electron chi connectivity index (χ2n) is 3.64. The van der Waals surface area contributed by atoms with Crippen molar-refractivity contribution in [2.75, 3.05) is 5.32 Å². The summed E-state index contributed by atoms with van der Waals surface area (Å²) >= 11 is 2.73. The maximum atomic E-state index is 12.8. The van der Waals surface area contributed by atoms with Crippen molar-refractivity contribution in [3.63, 3.8) is 0 Å². The molecule has 0 spiro atoms. The molecule has 100 valence electrons. The summed E-state index contributed by atoms with van der Waals surface area (Å²) in [4.78, 5) is 8.21. The van der Waals surface area contributed by atoms with Crippen LogP contribution in [-0.4, -0.2) is 20.2 Å². The van der Waals surface area contributed by atoms with Crippen LogP contribution in [0.1, 0.15) is 0 Å². The quantitative estimate of drug-likeness (QED) is 0.746. The van der Waals surface area contributed by atoms with Crippen LogP contribution in [0.25, 0.3) is 0 Å². The minimum atomic E-state index is -0.273. The Hall–Kier alpha value is -2.06. The Kier molecular flexibility index (Phi) is 3.84. The summed E-state index contributed by atoms with van der Waals surface area (Å²) in [5, 5.41) is 12.4. The summed E-state index contributed by atoms with van der Waals surface area (Å²) in [7, 11) is 0. The van der Waals surface area contributed by atoms with Gasteiger partial charge in [-0.1, -0.05) is 11.3 Å². The largest absolute Gasteiger partial charge is 0.330 e. The molecule has 0 unspecified atom stereocenters. The Morgan fingerprint density at radius 3 is 2.55 bits per heavy atom. The molecule has 0 fully saturated rings. The lowest BCUT2D eigenvalue weighted by molar-refractivity contribution is 0.628. The molecule has 0 bridgehead atoms. The average molecular weight is 305 g/mol. The predicted molar refractivity (Wildman–Crippen MR) is 75.7 cm³/mol. The third-order valence-electron chi connectivity index (χ3n) is 2.22. The SMILES string of the molecule is Fc1ccc(Nc2nnc(Sc3ncccn3)s2)cc1. The van der Waals surface area contributed by atoms with E-state index in [1.807, 2.05) is 0 Å². The van der Waals surface area contributed by atoms with E-state index in [1.165, 1.54) is 35.2 Å². The Bertz CT molecular complexity index is 687. The van der Waals surface area contributed by atoms with E-state index in [1.54, 1.807) is 30.6 Å². The van der Waals surface area contributed by atoms with E-state index in [4.69, 9.17) is 0 Å². The van der Waals surface area contributed by atoms with Gasteiger partial charge in [-0.3, -0.25) is 0 Å². The normalized spacial score (nSPS) is 10.4. The van der Waals surface area contributed by atoms with Crippen molar-refractivity contribution in [3.05, 3.63) is 48.5 Å². The molecule has 3 rings (SSSR count). The van der Waals surface area contributed by atoms with Crippen molar-refractivity contribution in [2.45, 2.75) is 9.50 Å². The van der Waals surface area contributed by atoms with Crippen LogP contribution in [0.2, 0.25) is 0 Å². The van der Waals surface area contributed by atoms with Gasteiger partial charge < -0.3 is 5.32 Å². The van der Waals surface area contributed by atoms with E-state index in [2.05, 4.69) is 25.5 Å². The highest BCUT2D eigenvalue weighted by molar-refractivity contribution is 8.00. The molecule has 0 saturated carbocycles. The molecular formula is C12H8FN5S2. The molecule has 0 saturated heterocycles. The number of benzene rings is 1. The number of hydrogen-bond acceptors (Lipinski definition) is 7. The first-order valence-corrected chi connectivity index (χ1v) is 7.24. The Morgan fingerprint density at radius 1 is 1.05 bits per heavy atom. The topological polar surface area (TPSA) is 63.6 Å². The number of nitrogens with zero attached hydrogens (tertiary/aromatic N) is 4. The highest BCUT2D eigenvalue weighted by Crippen LogP contribution is 2.30. The Balaban J connectivity index is 1.69. The number of aromatic nitrogens is 4. The Labute approximate surface area is 122 Å². The van der Waals surface area contributed by atoms with Gasteiger partial charge in [0.25, 0.3) is 0 Å². The van der Waals surface area contributed by atoms with Gasteiger partial charge in [0.2, 0.25) is 5.13 Å². The summed E-state index contributed by atoms with van der Waals surface area (Å²) in [5.41, 5.74) is 0.759. The molecule has 0 aliphatic rings. The van der Waals surface area contributed by atoms with Crippen LogP contribution in [0, 0.1) is 5.82 Å². The summed E-state index contributed by atoms with van der Waals surface area (Å²) in [5.74, 6) is -0.273. The first kappa shape index (κ1) is 12.9. The van der Waals surface area contributed by atoms with Gasteiger partial charge in [0.1, 0.15) is 5.82 Å². The van der Waals surface area contributed by atoms with Crippen LogP contribution in [0.15, 0.2) is 52.2 Å². The third kappa shape index (κ3) is 3.28. The molecule has 0 atom stereocenters. The fourth-order valence-corrected chi connectivity index (χ4v) is 2.96. The summed E-state index contributed by atoms with van der Waals surface area (Å²) in [6.45, 7) is 0. The third-order valence-corrected chi connectivity index (χ3v) is 4.01. The zero-order chi connectivity index (χ0) is 13.8. The lowest BCUT2D eigenvalue weighted by Gasteiger charge is -2.00. The minimum absolute atomic E-state index is 0.273. The van der Waals surface area contributed by atoms with Crippen molar-refractivity contribution in [1.29, 1.82) is 0 Å². The second kappa shape index (κ2) is 5.93. The van der Waals surface area contributed by atoms with E-state index in [9.17, 15) is 4.39 Å². The fourth-order valence-electron chi connectivity index (χ4n) is 1.37. The van der Waals surface area contributed by atoms with E-state index >= 15 is 0 Å². The minimum Gasteiger partial charge on any atom is -0.330 e. The fraction of sp³-hybridized carbons (Fsp3) is 0. The molecule has 20 heavy (non-hydrogen) atoms. The van der Waals surface area contributed by atoms with E-state index < -0.39 is 0 Å². The van der Waals surface area contributed by atoms with Crippen LogP contribution >= 0.6 is 23.1 Å². The van der Waals surface area contributed by atoms with E-state index in [0.29, 0.717) is 10.3 Å². The standard InChI is InChI=1S/C12H8FN5S2/c13-8-2-4-9(5-3-8)16-11-17-18-12(20-11)19-10-14-6-1-7-15-10/h1-7H,(H,16,17). The number of anilines is 2. The molecule has 0 radical (unpaired) electrons. The van der Waals surface area contributed by atoms with Crippen molar-refractivity contribution in [2.24, 2.45) is 0 Å². The maximum Gasteiger partial charge on any atom is 0.210 e. The van der Waals surface area contributed by atoms with Crippen molar-refractivity contribution >= 4 is 33.9 Å². The predicted octanol–water partition coefficient (Wildman–Crippen LogP) is 3.36. The van der Waals surface area contributed by atoms with Gasteiger partial charge in [-0.15, -0.1) is 10.2 Å². The van der Waals surface area contributed by atoms with Crippen LogP contribution in [0.5, 0.6) is 0 Å². The molecule has 2 heterocycles. The van der Waals surface area contributed by atoms with E-state index in [-0.39, 0.29) is 5.82 Å². The zero-order valence-electron chi connectivity index (χ0n) is 10.0. The van der Waals surface area contributed by atoms with Crippen molar-refractivity contribution < 1.29 is 4.39 Å². The highest BCUT2D eigenvalue weighted by Gasteiger charge is 2.07. The van der Waals surface area contributed by atoms with Gasteiger partial charge >= 0.3 is 0 Å². The molecule has 5 nitrogen and oxygen atoms in total. The first-order valence-electron chi connectivity index (χ1n) is 5.60. The van der Waals surface area contributed by atoms with Crippen LogP contribution in [0.4, 0.5) is 15.2 Å². The number of halogens is 1. The van der Waals surface area contributed by atoms with Crippen LogP contribution < -0.4 is 5.32 Å². The molecule has 2 aromatic heterocycles. The summed E-state index contributed by atoms with van der Waals surface area (Å²) < 4.78 is 13.5. The van der Waals surface area contributed by atoms with Gasteiger partial charge in [-0.05, 0) is 42.1 Å². The summed E-state index contributed by atoms with van der Waals surface area (Å²) in [6, 6.07) is 7.81. The molecule has 0 aliphatic heterocycles. The lowest BCUT2D eigenvalue weighted by Crippen LogP contribution is -1.89. The average Bonchev–Trinajstić information content (AvgIpc) is 2.90. The van der Waals surface area contributed by atoms with Crippen molar-refractivity contribution in [1.82, 2.24) is 20.2 Å². The van der Waals surface area contributed by atoms with Crippen molar-refractivity contribution in [3.8, 4) is 0 Å². The number of rotatable bonds is 4. The molecule has 0 amide bonds. The molecule has 1 aromatic carbocycles. The maximum absolute atomic E-state index is 12.8. The highest BCUT2D eigenvalue weighted by atomic mass is 32.2. The van der Waals surface area contributed by atoms with Gasteiger partial charge in [-0.2, -0.15) is 0 Å². The lowest BCUT2D eigenvalue weighted by atomic mass is 10.3. The molecule has 8 heteroatoms. The van der Waals surface area contributed by atoms with Gasteiger partial charge in [0.15, 0.2) is 9.50 Å². The smallest absolute Gasteiger partial charge is 0.210 e. The zero-order valence-corrected chi connectivity index (χ0v) is 11.7. The van der Waals surface area contributed by atoms with Crippen LogP contribution in [0.3, 0.4) is 0 Å². The first-order chi connectivity index (χ1) is 9.79. The van der Waals surface area contributed by atoms with Gasteiger partial charge in [0, 0.05) is 18.1 Å². The molecule has 3 aromatic rings. The second-order valence-corrected chi connectivity index (χ2v) is 5.83. The number of hydrogen-bond donors (Lipinski definition) is 1. The van der Waals surface area contributed by atoms with Gasteiger partial charge in [-0.25, -0.2) is 14.4 Å². The monoisotopic (exact) mass is 305 g/mol. The van der Waals surface area contributed by atoms with Gasteiger partial charge in [0.05, 0.1) is 0 Å².